The maximum absolute atomic E-state index is 13.8. The molecule has 0 aliphatic carbocycles. The normalized spacial score (nSPS) is 14.1. The highest BCUT2D eigenvalue weighted by atomic mass is 19.1. The molecule has 1 fully saturated rings. The fourth-order valence-electron chi connectivity index (χ4n) is 4.58. The fraction of sp³-hybridized carbons (Fsp3) is 0.179. The second-order valence-corrected chi connectivity index (χ2v) is 9.52. The van der Waals surface area contributed by atoms with E-state index in [0.29, 0.717) is 23.3 Å². The number of fused-ring (bicyclic) bond motifs is 1. The number of anilines is 3. The van der Waals surface area contributed by atoms with Crippen LogP contribution in [-0.2, 0) is 0 Å². The molecule has 4 N–H and O–H groups in total. The van der Waals surface area contributed by atoms with E-state index in [0.717, 1.165) is 60.6 Å². The van der Waals surface area contributed by atoms with Crippen molar-refractivity contribution in [3.8, 4) is 22.8 Å². The van der Waals surface area contributed by atoms with Crippen LogP contribution < -0.4 is 15.5 Å². The summed E-state index contributed by atoms with van der Waals surface area (Å²) in [5, 5.41) is 12.5. The van der Waals surface area contributed by atoms with Crippen LogP contribution >= 0.6 is 0 Å². The Morgan fingerprint density at radius 3 is 2.49 bits per heavy atom. The third-order valence-electron chi connectivity index (χ3n) is 6.79. The van der Waals surface area contributed by atoms with E-state index in [1.54, 1.807) is 12.1 Å². The number of piperazine rings is 1. The molecular weight excluding hydrogens is 502 g/mol. The zero-order valence-corrected chi connectivity index (χ0v) is 21.1. The van der Waals surface area contributed by atoms with Gasteiger partial charge in [-0.1, -0.05) is 12.1 Å². The molecule has 11 heteroatoms. The summed E-state index contributed by atoms with van der Waals surface area (Å²) in [7, 11) is 2.14. The number of H-pyrrole nitrogens is 2. The zero-order valence-electron chi connectivity index (χ0n) is 21.1. The molecule has 2 amide bonds. The average molecular weight is 529 g/mol. The van der Waals surface area contributed by atoms with Gasteiger partial charge in [-0.15, -0.1) is 0 Å². The number of carbonyl (C=O) groups excluding carboxylic acids is 1. The summed E-state index contributed by atoms with van der Waals surface area (Å²) in [5.74, 6) is -0.895. The summed E-state index contributed by atoms with van der Waals surface area (Å²) in [5.41, 5.74) is 5.72. The molecule has 1 aliphatic rings. The minimum atomic E-state index is -0.851. The number of rotatable bonds is 5. The summed E-state index contributed by atoms with van der Waals surface area (Å²) in [6.07, 6.45) is 0. The second kappa shape index (κ2) is 10.2. The second-order valence-electron chi connectivity index (χ2n) is 9.52. The Morgan fingerprint density at radius 1 is 0.923 bits per heavy atom. The molecule has 0 unspecified atom stereocenters. The molecule has 1 aliphatic heterocycles. The highest BCUT2D eigenvalue weighted by Gasteiger charge is 2.16. The number of amides is 2. The third kappa shape index (κ3) is 5.30. The van der Waals surface area contributed by atoms with Gasteiger partial charge in [0.1, 0.15) is 17.3 Å². The number of likely N-dealkylation sites (N-methyl/N-ethyl adjacent to an activating group) is 1. The molecule has 3 heterocycles. The van der Waals surface area contributed by atoms with E-state index in [-0.39, 0.29) is 5.69 Å². The van der Waals surface area contributed by atoms with E-state index in [2.05, 4.69) is 60.9 Å². The van der Waals surface area contributed by atoms with Crippen LogP contribution in [0.2, 0.25) is 0 Å². The number of carbonyl (C=O) groups is 1. The van der Waals surface area contributed by atoms with Crippen molar-refractivity contribution < 1.29 is 13.6 Å². The summed E-state index contributed by atoms with van der Waals surface area (Å²) in [4.78, 5) is 25.1. The first-order chi connectivity index (χ1) is 18.9. The minimum Gasteiger partial charge on any atom is -0.369 e. The van der Waals surface area contributed by atoms with Gasteiger partial charge in [-0.05, 0) is 61.1 Å². The number of urea groups is 1. The van der Waals surface area contributed by atoms with E-state index in [1.807, 2.05) is 18.2 Å². The van der Waals surface area contributed by atoms with Crippen molar-refractivity contribution in [3.05, 3.63) is 78.4 Å². The topological polar surface area (TPSA) is 105 Å². The number of hydrogen-bond donors (Lipinski definition) is 4. The Balaban J connectivity index is 1.13. The summed E-state index contributed by atoms with van der Waals surface area (Å²) >= 11 is 0. The monoisotopic (exact) mass is 528 g/mol. The number of aromatic amines is 2. The number of halogens is 2. The molecule has 3 aromatic carbocycles. The SMILES string of the molecule is CN1CCN(c2ccc3[nH]c(-c4cc(-c5ccc(NC(=O)Nc6ccc(F)cc6F)cc5)[nH]n4)nc3c2)CC1. The molecule has 2 aromatic heterocycles. The van der Waals surface area contributed by atoms with Crippen molar-refractivity contribution in [2.75, 3.05) is 48.8 Å². The molecule has 198 valence electrons. The van der Waals surface area contributed by atoms with Crippen LogP contribution in [0.3, 0.4) is 0 Å². The largest absolute Gasteiger partial charge is 0.369 e. The van der Waals surface area contributed by atoms with Crippen LogP contribution in [0, 0.1) is 11.6 Å². The molecule has 0 radical (unpaired) electrons. The van der Waals surface area contributed by atoms with Gasteiger partial charge in [0, 0.05) is 43.6 Å². The van der Waals surface area contributed by atoms with Crippen molar-refractivity contribution in [3.63, 3.8) is 0 Å². The summed E-state index contributed by atoms with van der Waals surface area (Å²) < 4.78 is 26.8. The Labute approximate surface area is 222 Å². The Bertz CT molecular complexity index is 1640. The highest BCUT2D eigenvalue weighted by Crippen LogP contribution is 2.27. The van der Waals surface area contributed by atoms with Gasteiger partial charge in [-0.25, -0.2) is 18.6 Å². The number of benzene rings is 3. The molecule has 9 nitrogen and oxygen atoms in total. The van der Waals surface area contributed by atoms with E-state index in [1.165, 1.54) is 5.69 Å². The quantitative estimate of drug-likeness (QED) is 0.248. The lowest BCUT2D eigenvalue weighted by Gasteiger charge is -2.34. The summed E-state index contributed by atoms with van der Waals surface area (Å²) in [6.45, 7) is 4.07. The van der Waals surface area contributed by atoms with Crippen LogP contribution in [0.25, 0.3) is 33.8 Å². The van der Waals surface area contributed by atoms with Gasteiger partial charge >= 0.3 is 6.03 Å². The zero-order chi connectivity index (χ0) is 26.9. The first kappa shape index (κ1) is 24.6. The Morgan fingerprint density at radius 2 is 1.72 bits per heavy atom. The van der Waals surface area contributed by atoms with Crippen LogP contribution in [0.1, 0.15) is 0 Å². The number of nitrogens with zero attached hydrogens (tertiary/aromatic N) is 4. The van der Waals surface area contributed by atoms with E-state index in [4.69, 9.17) is 4.98 Å². The number of aromatic nitrogens is 4. The molecular formula is C28H26F2N8O. The Hall–Kier alpha value is -4.77. The van der Waals surface area contributed by atoms with Gasteiger partial charge in [0.25, 0.3) is 0 Å². The fourth-order valence-corrected chi connectivity index (χ4v) is 4.58. The van der Waals surface area contributed by atoms with Crippen LogP contribution in [0.15, 0.2) is 66.7 Å². The van der Waals surface area contributed by atoms with E-state index in [9.17, 15) is 13.6 Å². The first-order valence-corrected chi connectivity index (χ1v) is 12.5. The molecule has 39 heavy (non-hydrogen) atoms. The number of nitrogens with one attached hydrogen (secondary N) is 4. The lowest BCUT2D eigenvalue weighted by molar-refractivity contribution is 0.262. The van der Waals surface area contributed by atoms with Crippen LogP contribution in [-0.4, -0.2) is 64.3 Å². The van der Waals surface area contributed by atoms with Crippen molar-refractivity contribution in [1.29, 1.82) is 0 Å². The van der Waals surface area contributed by atoms with Gasteiger partial charge in [-0.3, -0.25) is 5.10 Å². The first-order valence-electron chi connectivity index (χ1n) is 12.5. The lowest BCUT2D eigenvalue weighted by Crippen LogP contribution is -2.44. The highest BCUT2D eigenvalue weighted by molar-refractivity contribution is 6.00. The molecule has 0 saturated carbocycles. The van der Waals surface area contributed by atoms with Crippen molar-refractivity contribution in [2.45, 2.75) is 0 Å². The molecule has 1 saturated heterocycles. The van der Waals surface area contributed by atoms with Crippen LogP contribution in [0.4, 0.5) is 30.6 Å². The van der Waals surface area contributed by atoms with Gasteiger partial charge in [0.05, 0.1) is 22.4 Å². The van der Waals surface area contributed by atoms with Gasteiger partial charge in [0.2, 0.25) is 0 Å². The molecule has 6 rings (SSSR count). The number of imidazole rings is 1. The van der Waals surface area contributed by atoms with Crippen molar-refractivity contribution in [1.82, 2.24) is 25.1 Å². The third-order valence-corrected chi connectivity index (χ3v) is 6.79. The molecule has 0 spiro atoms. The van der Waals surface area contributed by atoms with Gasteiger partial charge in [0.15, 0.2) is 5.82 Å². The van der Waals surface area contributed by atoms with Gasteiger partial charge < -0.3 is 25.4 Å². The average Bonchev–Trinajstić information content (AvgIpc) is 3.58. The summed E-state index contributed by atoms with van der Waals surface area (Å²) in [6, 6.07) is 17.6. The lowest BCUT2D eigenvalue weighted by atomic mass is 10.1. The number of hydrogen-bond acceptors (Lipinski definition) is 5. The predicted octanol–water partition coefficient (Wildman–Crippen LogP) is 5.29. The van der Waals surface area contributed by atoms with E-state index >= 15 is 0 Å². The van der Waals surface area contributed by atoms with E-state index < -0.39 is 17.7 Å². The minimum absolute atomic E-state index is 0.114. The smallest absolute Gasteiger partial charge is 0.323 e. The maximum atomic E-state index is 13.8. The maximum Gasteiger partial charge on any atom is 0.323 e. The van der Waals surface area contributed by atoms with Gasteiger partial charge in [-0.2, -0.15) is 5.10 Å². The Kier molecular flexibility index (Phi) is 6.41. The molecule has 0 bridgehead atoms. The predicted molar refractivity (Wildman–Crippen MR) is 148 cm³/mol. The van der Waals surface area contributed by atoms with Crippen LogP contribution in [0.5, 0.6) is 0 Å². The standard InChI is InChI=1S/C28H26F2N8O/c1-37-10-12-38(13-11-37)20-7-9-23-25(15-20)33-27(32-23)26-16-24(35-36-26)17-2-5-19(6-3-17)31-28(39)34-22-8-4-18(29)14-21(22)30/h2-9,14-16H,10-13H2,1H3,(H,32,33)(H,35,36)(H2,31,34,39). The molecule has 5 aromatic rings. The molecule has 0 atom stereocenters. The van der Waals surface area contributed by atoms with Crippen molar-refractivity contribution >= 4 is 34.1 Å². The van der Waals surface area contributed by atoms with Crippen molar-refractivity contribution in [2.24, 2.45) is 0 Å².